The van der Waals surface area contributed by atoms with Crippen molar-refractivity contribution in [3.63, 3.8) is 0 Å². The molecule has 1 unspecified atom stereocenters. The number of hydrogen-bond donors (Lipinski definition) is 1. The van der Waals surface area contributed by atoms with Crippen LogP contribution in [0.15, 0.2) is 58.7 Å². The maximum Gasteiger partial charge on any atom is 0.328 e. The van der Waals surface area contributed by atoms with Crippen molar-refractivity contribution in [1.82, 2.24) is 4.90 Å². The summed E-state index contributed by atoms with van der Waals surface area (Å²) in [5.74, 6) is -0.158. The Kier molecular flexibility index (Phi) is 22.5. The van der Waals surface area contributed by atoms with Crippen molar-refractivity contribution >= 4 is 11.9 Å². The number of unbranched alkanes of at least 4 members (excludes halogenated alkanes) is 13. The van der Waals surface area contributed by atoms with E-state index in [4.69, 9.17) is 5.11 Å². The molecule has 1 atom stereocenters. The second kappa shape index (κ2) is 24.7. The van der Waals surface area contributed by atoms with Gasteiger partial charge in [0.2, 0.25) is 5.91 Å². The van der Waals surface area contributed by atoms with Crippen LogP contribution in [0.4, 0.5) is 0 Å². The Morgan fingerprint density at radius 3 is 1.94 bits per heavy atom. The predicted molar refractivity (Wildman–Crippen MR) is 204 cm³/mol. The molecule has 1 aliphatic heterocycles. The second-order valence-electron chi connectivity index (χ2n) is 15.3. The van der Waals surface area contributed by atoms with Gasteiger partial charge < -0.3 is 10.0 Å². The monoisotopic (exact) mass is 652 g/mol. The van der Waals surface area contributed by atoms with Crippen LogP contribution in [-0.2, 0) is 9.59 Å². The Hall–Kier alpha value is -2.36. The van der Waals surface area contributed by atoms with E-state index < -0.39 is 5.97 Å². The molecule has 4 heteroatoms. The van der Waals surface area contributed by atoms with E-state index >= 15 is 0 Å². The molecule has 2 rings (SSSR count). The number of hydrogen-bond acceptors (Lipinski definition) is 2. The molecule has 1 heterocycles. The lowest BCUT2D eigenvalue weighted by Gasteiger charge is -2.32. The smallest absolute Gasteiger partial charge is 0.328 e. The summed E-state index contributed by atoms with van der Waals surface area (Å²) in [6.45, 7) is 18.2. The van der Waals surface area contributed by atoms with Gasteiger partial charge in [-0.25, -0.2) is 4.79 Å². The molecule has 1 amide bonds. The minimum atomic E-state index is -0.912. The van der Waals surface area contributed by atoms with Crippen LogP contribution in [-0.4, -0.2) is 34.5 Å². The number of aliphatic carboxylic acids is 1. The van der Waals surface area contributed by atoms with E-state index in [0.29, 0.717) is 17.9 Å². The molecule has 0 aromatic rings. The number of carbonyl (C=O) groups is 2. The fourth-order valence-electron chi connectivity index (χ4n) is 7.00. The number of nitrogens with zero attached hydrogens (tertiary/aromatic N) is 1. The number of allylic oxidation sites excluding steroid dienone is 9. The van der Waals surface area contributed by atoms with E-state index in [9.17, 15) is 9.59 Å². The third-order valence-electron chi connectivity index (χ3n) is 10.0. The van der Waals surface area contributed by atoms with Crippen molar-refractivity contribution in [3.8, 4) is 0 Å². The van der Waals surface area contributed by atoms with Crippen molar-refractivity contribution in [1.29, 1.82) is 0 Å². The standard InChI is InChI=1S/C23H45NO.C20H28O2/c1-4-5-6-7-8-9-10-11-12-13-14-15-16-17-18-22-19-20-24(21(2)3)23(22)25;1-15(8-6-9-16(2)14-19(21)22)11-12-18-17(3)10-7-13-20(18,4)5/h21-22H,4-20H2,1-3H3;6,8-9,11-12,14H,7,10,13H2,1-5H3,(H,21,22)/b;9-6+,12-11+,15-8+,16-14+. The molecule has 1 fully saturated rings. The highest BCUT2D eigenvalue weighted by Gasteiger charge is 2.32. The molecule has 0 saturated carbocycles. The summed E-state index contributed by atoms with van der Waals surface area (Å²) < 4.78 is 0. The predicted octanol–water partition coefficient (Wildman–Crippen LogP) is 12.7. The first-order chi connectivity index (χ1) is 22.4. The lowest BCUT2D eigenvalue weighted by Crippen LogP contribution is -2.33. The normalized spacial score (nSPS) is 19.0. The summed E-state index contributed by atoms with van der Waals surface area (Å²) in [7, 11) is 0. The third-order valence-corrected chi connectivity index (χ3v) is 10.0. The average Bonchev–Trinajstić information content (AvgIpc) is 3.36. The van der Waals surface area contributed by atoms with Crippen molar-refractivity contribution in [2.24, 2.45) is 11.3 Å². The summed E-state index contributed by atoms with van der Waals surface area (Å²) in [4.78, 5) is 24.8. The molecule has 0 aromatic carbocycles. The Bertz CT molecular complexity index is 1050. The van der Waals surface area contributed by atoms with Crippen molar-refractivity contribution in [3.05, 3.63) is 58.7 Å². The molecular weight excluding hydrogens is 578 g/mol. The van der Waals surface area contributed by atoms with Crippen LogP contribution >= 0.6 is 0 Å². The maximum atomic E-state index is 12.2. The first-order valence-corrected chi connectivity index (χ1v) is 19.3. The molecule has 4 nitrogen and oxygen atoms in total. The molecule has 0 aromatic heterocycles. The van der Waals surface area contributed by atoms with E-state index in [1.807, 2.05) is 12.2 Å². The number of likely N-dealkylation sites (tertiary alicyclic amines) is 1. The van der Waals surface area contributed by atoms with Gasteiger partial charge in [0.1, 0.15) is 0 Å². The summed E-state index contributed by atoms with van der Waals surface area (Å²) in [5, 5.41) is 8.65. The molecule has 1 aliphatic carbocycles. The van der Waals surface area contributed by atoms with Crippen LogP contribution in [0.25, 0.3) is 0 Å². The molecule has 0 spiro atoms. The zero-order chi connectivity index (χ0) is 35.1. The summed E-state index contributed by atoms with van der Waals surface area (Å²) >= 11 is 0. The van der Waals surface area contributed by atoms with Gasteiger partial charge in [-0.2, -0.15) is 0 Å². The Balaban J connectivity index is 0.000000474. The first-order valence-electron chi connectivity index (χ1n) is 19.3. The molecule has 268 valence electrons. The van der Waals surface area contributed by atoms with Gasteiger partial charge in [0.05, 0.1) is 0 Å². The highest BCUT2D eigenvalue weighted by molar-refractivity contribution is 5.81. The first kappa shape index (κ1) is 42.7. The number of carbonyl (C=O) groups excluding carboxylic acids is 1. The molecule has 47 heavy (non-hydrogen) atoms. The minimum absolute atomic E-state index is 0.260. The molecule has 1 N–H and O–H groups in total. The van der Waals surface area contributed by atoms with E-state index in [1.165, 1.54) is 126 Å². The van der Waals surface area contributed by atoms with Gasteiger partial charge in [-0.3, -0.25) is 4.79 Å². The summed E-state index contributed by atoms with van der Waals surface area (Å²) in [6, 6.07) is 0.383. The number of carboxylic acids is 1. The lowest BCUT2D eigenvalue weighted by molar-refractivity contribution is -0.133. The average molecular weight is 652 g/mol. The largest absolute Gasteiger partial charge is 0.478 e. The molecule has 1 saturated heterocycles. The van der Waals surface area contributed by atoms with Crippen molar-refractivity contribution < 1.29 is 14.7 Å². The molecular formula is C43H73NO3. The third kappa shape index (κ3) is 19.3. The Labute approximate surface area is 290 Å². The zero-order valence-corrected chi connectivity index (χ0v) is 32.0. The SMILES string of the molecule is CC1=C(/C=C/C(C)=C/C=C/C(C)=C/C(=O)O)C(C)(C)CCC1.CCCCCCCCCCCCCCCCC1CCN(C(C)C)C1=O. The summed E-state index contributed by atoms with van der Waals surface area (Å²) in [6.07, 6.45) is 36.9. The highest BCUT2D eigenvalue weighted by Crippen LogP contribution is 2.40. The quantitative estimate of drug-likeness (QED) is 0.0763. The van der Waals surface area contributed by atoms with Gasteiger partial charge in [0, 0.05) is 24.6 Å². The number of rotatable bonds is 21. The van der Waals surface area contributed by atoms with Gasteiger partial charge in [-0.05, 0) is 83.3 Å². The van der Waals surface area contributed by atoms with E-state index in [2.05, 4.69) is 65.5 Å². The van der Waals surface area contributed by atoms with Crippen LogP contribution in [0.3, 0.4) is 0 Å². The van der Waals surface area contributed by atoms with Gasteiger partial charge >= 0.3 is 5.97 Å². The van der Waals surface area contributed by atoms with Crippen LogP contribution in [0, 0.1) is 11.3 Å². The summed E-state index contributed by atoms with van der Waals surface area (Å²) in [5.41, 5.74) is 5.09. The van der Waals surface area contributed by atoms with Crippen LogP contribution in [0.2, 0.25) is 0 Å². The van der Waals surface area contributed by atoms with Crippen LogP contribution in [0.1, 0.15) is 177 Å². The van der Waals surface area contributed by atoms with Gasteiger partial charge in [0.15, 0.2) is 0 Å². The van der Waals surface area contributed by atoms with Gasteiger partial charge in [-0.1, -0.05) is 152 Å². The van der Waals surface area contributed by atoms with E-state index in [1.54, 1.807) is 13.0 Å². The second-order valence-corrected chi connectivity index (χ2v) is 15.3. The van der Waals surface area contributed by atoms with Gasteiger partial charge in [-0.15, -0.1) is 0 Å². The van der Waals surface area contributed by atoms with Crippen molar-refractivity contribution in [2.45, 2.75) is 183 Å². The Morgan fingerprint density at radius 1 is 0.894 bits per heavy atom. The topological polar surface area (TPSA) is 57.6 Å². The molecule has 0 radical (unpaired) electrons. The zero-order valence-electron chi connectivity index (χ0n) is 32.0. The van der Waals surface area contributed by atoms with Crippen LogP contribution in [0.5, 0.6) is 0 Å². The van der Waals surface area contributed by atoms with Gasteiger partial charge in [0.25, 0.3) is 0 Å². The van der Waals surface area contributed by atoms with Crippen LogP contribution < -0.4 is 0 Å². The molecule has 2 aliphatic rings. The number of amides is 1. The highest BCUT2D eigenvalue weighted by atomic mass is 16.4. The Morgan fingerprint density at radius 2 is 1.45 bits per heavy atom. The number of carboxylic acid groups (broad SMARTS) is 1. The van der Waals surface area contributed by atoms with E-state index in [0.717, 1.165) is 30.5 Å². The fourth-order valence-corrected chi connectivity index (χ4v) is 7.00. The maximum absolute atomic E-state index is 12.2. The van der Waals surface area contributed by atoms with E-state index in [-0.39, 0.29) is 5.41 Å². The minimum Gasteiger partial charge on any atom is -0.478 e. The lowest BCUT2D eigenvalue weighted by atomic mass is 9.72. The van der Waals surface area contributed by atoms with Crippen molar-refractivity contribution in [2.75, 3.05) is 6.54 Å². The fraction of sp³-hybridized carbons (Fsp3) is 0.721. The molecule has 0 bridgehead atoms.